The molecular formula is C17H23NO. The zero-order valence-electron chi connectivity index (χ0n) is 12.1. The Balaban J connectivity index is 2.25. The molecule has 1 N–H and O–H groups in total. The average molecular weight is 257 g/mol. The van der Waals surface area contributed by atoms with Gasteiger partial charge < -0.3 is 9.73 Å². The third kappa shape index (κ3) is 3.48. The van der Waals surface area contributed by atoms with Gasteiger partial charge in [-0.05, 0) is 49.6 Å². The average Bonchev–Trinajstić information content (AvgIpc) is 2.86. The molecule has 1 aromatic carbocycles. The van der Waals surface area contributed by atoms with E-state index in [1.807, 2.05) is 13.0 Å². The minimum atomic E-state index is 0.152. The maximum absolute atomic E-state index is 5.79. The van der Waals surface area contributed by atoms with Crippen LogP contribution in [0, 0.1) is 6.92 Å². The molecule has 0 aliphatic rings. The second kappa shape index (κ2) is 6.58. The lowest BCUT2D eigenvalue weighted by atomic mass is 10.0. The van der Waals surface area contributed by atoms with Crippen molar-refractivity contribution in [1.82, 2.24) is 5.32 Å². The minimum absolute atomic E-state index is 0.152. The number of hydrogen-bond acceptors (Lipinski definition) is 2. The smallest absolute Gasteiger partial charge is 0.125 e. The van der Waals surface area contributed by atoms with E-state index in [0.29, 0.717) is 0 Å². The molecule has 2 aromatic rings. The molecule has 1 heterocycles. The van der Waals surface area contributed by atoms with E-state index >= 15 is 0 Å². The Kier molecular flexibility index (Phi) is 4.80. The Hall–Kier alpha value is -1.54. The van der Waals surface area contributed by atoms with Crippen LogP contribution in [0.4, 0.5) is 0 Å². The predicted molar refractivity (Wildman–Crippen MR) is 79.4 cm³/mol. The standard InChI is InChI=1S/C17H23NO/c1-4-12-18-17(16-11-6-13(3)19-16)15-9-7-14(5-2)8-10-15/h6-11,17-18H,4-5,12H2,1-3H3. The minimum Gasteiger partial charge on any atom is -0.464 e. The van der Waals surface area contributed by atoms with E-state index in [1.54, 1.807) is 0 Å². The first-order chi connectivity index (χ1) is 9.24. The van der Waals surface area contributed by atoms with Crippen LogP contribution in [0.3, 0.4) is 0 Å². The highest BCUT2D eigenvalue weighted by Gasteiger charge is 2.16. The zero-order valence-corrected chi connectivity index (χ0v) is 12.1. The summed E-state index contributed by atoms with van der Waals surface area (Å²) in [4.78, 5) is 0. The highest BCUT2D eigenvalue weighted by atomic mass is 16.3. The second-order valence-electron chi connectivity index (χ2n) is 4.93. The second-order valence-corrected chi connectivity index (χ2v) is 4.93. The normalized spacial score (nSPS) is 12.6. The largest absolute Gasteiger partial charge is 0.464 e. The van der Waals surface area contributed by atoms with E-state index in [0.717, 1.165) is 30.9 Å². The number of furan rings is 1. The molecule has 2 nitrogen and oxygen atoms in total. The van der Waals surface area contributed by atoms with Gasteiger partial charge in [-0.15, -0.1) is 0 Å². The van der Waals surface area contributed by atoms with Crippen LogP contribution >= 0.6 is 0 Å². The fraction of sp³-hybridized carbons (Fsp3) is 0.412. The van der Waals surface area contributed by atoms with Crippen LogP contribution in [-0.4, -0.2) is 6.54 Å². The predicted octanol–water partition coefficient (Wildman–Crippen LogP) is 4.24. The number of hydrogen-bond donors (Lipinski definition) is 1. The fourth-order valence-electron chi connectivity index (χ4n) is 2.23. The Morgan fingerprint density at radius 2 is 1.79 bits per heavy atom. The summed E-state index contributed by atoms with van der Waals surface area (Å²) < 4.78 is 5.79. The third-order valence-corrected chi connectivity index (χ3v) is 3.37. The van der Waals surface area contributed by atoms with Crippen LogP contribution in [0.25, 0.3) is 0 Å². The van der Waals surface area contributed by atoms with E-state index < -0.39 is 0 Å². The molecule has 0 amide bonds. The third-order valence-electron chi connectivity index (χ3n) is 3.37. The van der Waals surface area contributed by atoms with Crippen molar-refractivity contribution in [1.29, 1.82) is 0 Å². The van der Waals surface area contributed by atoms with Crippen molar-refractivity contribution < 1.29 is 4.42 Å². The maximum Gasteiger partial charge on any atom is 0.125 e. The Morgan fingerprint density at radius 1 is 1.05 bits per heavy atom. The summed E-state index contributed by atoms with van der Waals surface area (Å²) >= 11 is 0. The lowest BCUT2D eigenvalue weighted by Crippen LogP contribution is -2.22. The van der Waals surface area contributed by atoms with Gasteiger partial charge in [-0.2, -0.15) is 0 Å². The van der Waals surface area contributed by atoms with Crippen molar-refractivity contribution in [3.63, 3.8) is 0 Å². The molecule has 19 heavy (non-hydrogen) atoms. The molecule has 1 aromatic heterocycles. The molecule has 0 aliphatic carbocycles. The Bertz CT molecular complexity index is 498. The van der Waals surface area contributed by atoms with Crippen LogP contribution in [0.1, 0.15) is 49.0 Å². The maximum atomic E-state index is 5.79. The van der Waals surface area contributed by atoms with Gasteiger partial charge in [0.15, 0.2) is 0 Å². The van der Waals surface area contributed by atoms with Gasteiger partial charge >= 0.3 is 0 Å². The summed E-state index contributed by atoms with van der Waals surface area (Å²) in [7, 11) is 0. The van der Waals surface area contributed by atoms with E-state index in [-0.39, 0.29) is 6.04 Å². The van der Waals surface area contributed by atoms with Crippen LogP contribution in [0.15, 0.2) is 40.8 Å². The van der Waals surface area contributed by atoms with Gasteiger partial charge in [0.25, 0.3) is 0 Å². The van der Waals surface area contributed by atoms with Gasteiger partial charge in [0.05, 0.1) is 6.04 Å². The van der Waals surface area contributed by atoms with Crippen LogP contribution < -0.4 is 5.32 Å². The summed E-state index contributed by atoms with van der Waals surface area (Å²) in [6.45, 7) is 7.33. The highest BCUT2D eigenvalue weighted by molar-refractivity contribution is 5.30. The van der Waals surface area contributed by atoms with Gasteiger partial charge in [-0.25, -0.2) is 0 Å². The van der Waals surface area contributed by atoms with Gasteiger partial charge in [0.2, 0.25) is 0 Å². The summed E-state index contributed by atoms with van der Waals surface area (Å²) in [5, 5.41) is 3.56. The molecule has 0 aliphatic heterocycles. The number of nitrogens with one attached hydrogen (secondary N) is 1. The van der Waals surface area contributed by atoms with Gasteiger partial charge in [-0.1, -0.05) is 38.1 Å². The molecule has 0 fully saturated rings. The molecule has 0 spiro atoms. The Labute approximate surface area is 115 Å². The monoisotopic (exact) mass is 257 g/mol. The fourth-order valence-corrected chi connectivity index (χ4v) is 2.23. The topological polar surface area (TPSA) is 25.2 Å². The van der Waals surface area contributed by atoms with E-state index in [1.165, 1.54) is 11.1 Å². The molecule has 0 radical (unpaired) electrons. The molecule has 0 bridgehead atoms. The molecule has 2 rings (SSSR count). The van der Waals surface area contributed by atoms with Crippen molar-refractivity contribution in [3.8, 4) is 0 Å². The summed E-state index contributed by atoms with van der Waals surface area (Å²) in [6, 6.07) is 13.0. The molecule has 0 saturated carbocycles. The lowest BCUT2D eigenvalue weighted by Gasteiger charge is -2.17. The van der Waals surface area contributed by atoms with Crippen LogP contribution in [0.2, 0.25) is 0 Å². The first kappa shape index (κ1) is 13.9. The molecule has 102 valence electrons. The number of rotatable bonds is 6. The molecular weight excluding hydrogens is 234 g/mol. The van der Waals surface area contributed by atoms with Gasteiger partial charge in [0, 0.05) is 0 Å². The van der Waals surface area contributed by atoms with Crippen molar-refractivity contribution in [3.05, 3.63) is 59.0 Å². The number of aryl methyl sites for hydroxylation is 2. The Morgan fingerprint density at radius 3 is 2.32 bits per heavy atom. The van der Waals surface area contributed by atoms with E-state index in [9.17, 15) is 0 Å². The molecule has 1 atom stereocenters. The van der Waals surface area contributed by atoms with Crippen LogP contribution in [0.5, 0.6) is 0 Å². The van der Waals surface area contributed by atoms with Crippen molar-refractivity contribution in [2.75, 3.05) is 6.54 Å². The lowest BCUT2D eigenvalue weighted by molar-refractivity contribution is 0.430. The van der Waals surface area contributed by atoms with Gasteiger partial charge in [0.1, 0.15) is 11.5 Å². The van der Waals surface area contributed by atoms with E-state index in [2.05, 4.69) is 49.5 Å². The summed E-state index contributed by atoms with van der Waals surface area (Å²) in [5.41, 5.74) is 2.63. The summed E-state index contributed by atoms with van der Waals surface area (Å²) in [5.74, 6) is 1.96. The van der Waals surface area contributed by atoms with Gasteiger partial charge in [-0.3, -0.25) is 0 Å². The quantitative estimate of drug-likeness (QED) is 0.837. The zero-order chi connectivity index (χ0) is 13.7. The van der Waals surface area contributed by atoms with Crippen molar-refractivity contribution in [2.24, 2.45) is 0 Å². The molecule has 2 heteroatoms. The SMILES string of the molecule is CCCNC(c1ccc(CC)cc1)c1ccc(C)o1. The first-order valence-corrected chi connectivity index (χ1v) is 7.13. The molecule has 1 unspecified atom stereocenters. The molecule has 0 saturated heterocycles. The van der Waals surface area contributed by atoms with Crippen LogP contribution in [-0.2, 0) is 6.42 Å². The highest BCUT2D eigenvalue weighted by Crippen LogP contribution is 2.24. The summed E-state index contributed by atoms with van der Waals surface area (Å²) in [6.07, 6.45) is 2.19. The van der Waals surface area contributed by atoms with Crippen molar-refractivity contribution >= 4 is 0 Å². The van der Waals surface area contributed by atoms with Crippen molar-refractivity contribution in [2.45, 2.75) is 39.7 Å². The van der Waals surface area contributed by atoms with E-state index in [4.69, 9.17) is 4.42 Å². The first-order valence-electron chi connectivity index (χ1n) is 7.13. The number of benzene rings is 1.